The van der Waals surface area contributed by atoms with Gasteiger partial charge in [0.25, 0.3) is 0 Å². The van der Waals surface area contributed by atoms with Gasteiger partial charge in [-0.1, -0.05) is 35.7 Å². The van der Waals surface area contributed by atoms with Gasteiger partial charge in [-0.15, -0.1) is 0 Å². The molecule has 0 aromatic heterocycles. The summed E-state index contributed by atoms with van der Waals surface area (Å²) in [5.74, 6) is -1.02. The molecule has 0 saturated carbocycles. The number of rotatable bonds is 8. The van der Waals surface area contributed by atoms with E-state index in [0.29, 0.717) is 10.9 Å². The molecule has 22 heavy (non-hydrogen) atoms. The lowest BCUT2D eigenvalue weighted by molar-refractivity contribution is -0.139. The van der Waals surface area contributed by atoms with Crippen LogP contribution in [0.5, 0.6) is 5.75 Å². The maximum Gasteiger partial charge on any atom is 0.321 e. The zero-order valence-corrected chi connectivity index (χ0v) is 15.1. The second-order valence-corrected chi connectivity index (χ2v) is 7.44. The van der Waals surface area contributed by atoms with Gasteiger partial charge in [-0.25, -0.2) is 8.42 Å². The molecule has 124 valence electrons. The molecule has 0 radical (unpaired) electrons. The van der Waals surface area contributed by atoms with E-state index >= 15 is 0 Å². The molecule has 0 spiro atoms. The number of hydrogen-bond donors (Lipinski definition) is 2. The minimum absolute atomic E-state index is 0.0878. The minimum atomic E-state index is -4.00. The van der Waals surface area contributed by atoms with Crippen molar-refractivity contribution in [3.05, 3.63) is 22.2 Å². The topological polar surface area (TPSA) is 92.7 Å². The van der Waals surface area contributed by atoms with E-state index < -0.39 is 22.0 Å². The zero-order valence-electron chi connectivity index (χ0n) is 12.7. The first-order valence-electron chi connectivity index (χ1n) is 6.82. The second-order valence-electron chi connectivity index (χ2n) is 4.91. The molecule has 0 heterocycles. The molecular weight excluding hydrogens is 374 g/mol. The number of methoxy groups -OCH3 is 1. The number of carbonyl (C=O) groups is 1. The predicted molar refractivity (Wildman–Crippen MR) is 86.7 cm³/mol. The molecule has 0 amide bonds. The van der Waals surface area contributed by atoms with Gasteiger partial charge in [0.15, 0.2) is 0 Å². The Balaban J connectivity index is 3.18. The Morgan fingerprint density at radius 1 is 1.45 bits per heavy atom. The van der Waals surface area contributed by atoms with Crippen molar-refractivity contribution in [2.24, 2.45) is 0 Å². The van der Waals surface area contributed by atoms with E-state index in [9.17, 15) is 13.2 Å². The summed E-state index contributed by atoms with van der Waals surface area (Å²) in [5, 5.41) is 9.17. The van der Waals surface area contributed by atoms with Crippen molar-refractivity contribution in [3.8, 4) is 5.75 Å². The van der Waals surface area contributed by atoms with Crippen LogP contribution >= 0.6 is 15.9 Å². The summed E-state index contributed by atoms with van der Waals surface area (Å²) >= 11 is 3.27. The molecule has 1 unspecified atom stereocenters. The molecule has 0 saturated heterocycles. The highest BCUT2D eigenvalue weighted by molar-refractivity contribution is 9.10. The fourth-order valence-corrected chi connectivity index (χ4v) is 3.79. The highest BCUT2D eigenvalue weighted by Gasteiger charge is 2.27. The van der Waals surface area contributed by atoms with Gasteiger partial charge in [-0.3, -0.25) is 4.79 Å². The summed E-state index contributed by atoms with van der Waals surface area (Å²) in [6, 6.07) is 1.84. The summed E-state index contributed by atoms with van der Waals surface area (Å²) in [5.41, 5.74) is 0.816. The fourth-order valence-electron chi connectivity index (χ4n) is 1.90. The molecule has 0 aliphatic heterocycles. The van der Waals surface area contributed by atoms with Gasteiger partial charge in [0.1, 0.15) is 16.7 Å². The number of nitrogens with one attached hydrogen (secondary N) is 1. The van der Waals surface area contributed by atoms with Crippen LogP contribution in [0.1, 0.15) is 31.7 Å². The quantitative estimate of drug-likeness (QED) is 0.707. The molecule has 1 rings (SSSR count). The van der Waals surface area contributed by atoms with Crippen molar-refractivity contribution in [2.45, 2.75) is 44.0 Å². The number of unbranched alkanes of at least 4 members (excludes halogenated alkanes) is 1. The summed E-state index contributed by atoms with van der Waals surface area (Å²) < 4.78 is 32.9. The SMILES string of the molecule is CCCCC(NS(=O)(=O)c1cc(Br)c(C)cc1OC)C(=O)O. The molecule has 0 bridgehead atoms. The fraction of sp³-hybridized carbons (Fsp3) is 0.500. The van der Waals surface area contributed by atoms with Crippen molar-refractivity contribution in [3.63, 3.8) is 0 Å². The van der Waals surface area contributed by atoms with Gasteiger partial charge in [0.2, 0.25) is 10.0 Å². The monoisotopic (exact) mass is 393 g/mol. The minimum Gasteiger partial charge on any atom is -0.495 e. The standard InChI is InChI=1S/C14H20BrNO5S/c1-4-5-6-11(14(17)18)16-22(19,20)13-8-10(15)9(2)7-12(13)21-3/h7-8,11,16H,4-6H2,1-3H3,(H,17,18). The van der Waals surface area contributed by atoms with Crippen molar-refractivity contribution < 1.29 is 23.1 Å². The highest BCUT2D eigenvalue weighted by atomic mass is 79.9. The number of sulfonamides is 1. The van der Waals surface area contributed by atoms with Gasteiger partial charge in [0.05, 0.1) is 7.11 Å². The Kier molecular flexibility index (Phi) is 6.83. The molecular formula is C14H20BrNO5S. The number of hydrogen-bond acceptors (Lipinski definition) is 4. The van der Waals surface area contributed by atoms with Crippen molar-refractivity contribution >= 4 is 31.9 Å². The van der Waals surface area contributed by atoms with E-state index in [0.717, 1.165) is 12.0 Å². The summed E-state index contributed by atoms with van der Waals surface area (Å²) in [4.78, 5) is 11.1. The lowest BCUT2D eigenvalue weighted by atomic mass is 10.1. The first-order valence-corrected chi connectivity index (χ1v) is 9.09. The number of benzene rings is 1. The molecule has 0 aliphatic carbocycles. The van der Waals surface area contributed by atoms with E-state index in [-0.39, 0.29) is 17.1 Å². The normalized spacial score (nSPS) is 12.9. The van der Waals surface area contributed by atoms with Crippen LogP contribution in [0.3, 0.4) is 0 Å². The number of carboxylic acid groups (broad SMARTS) is 1. The van der Waals surface area contributed by atoms with Gasteiger partial charge >= 0.3 is 5.97 Å². The predicted octanol–water partition coefficient (Wildman–Crippen LogP) is 2.69. The van der Waals surface area contributed by atoms with Gasteiger partial charge in [-0.2, -0.15) is 4.72 Å². The molecule has 0 aliphatic rings. The van der Waals surface area contributed by atoms with Crippen LogP contribution in [0.25, 0.3) is 0 Å². The second kappa shape index (κ2) is 7.94. The van der Waals surface area contributed by atoms with Crippen LogP contribution in [0.15, 0.2) is 21.5 Å². The lowest BCUT2D eigenvalue weighted by Crippen LogP contribution is -2.40. The molecule has 1 aromatic rings. The third-order valence-electron chi connectivity index (χ3n) is 3.18. The van der Waals surface area contributed by atoms with Crippen LogP contribution in [-0.2, 0) is 14.8 Å². The van der Waals surface area contributed by atoms with Gasteiger partial charge in [0, 0.05) is 4.47 Å². The zero-order chi connectivity index (χ0) is 16.9. The number of carboxylic acids is 1. The van der Waals surface area contributed by atoms with Crippen LogP contribution in [0, 0.1) is 6.92 Å². The number of aryl methyl sites for hydroxylation is 1. The highest BCUT2D eigenvalue weighted by Crippen LogP contribution is 2.30. The van der Waals surface area contributed by atoms with E-state index in [2.05, 4.69) is 20.7 Å². The van der Waals surface area contributed by atoms with Crippen molar-refractivity contribution in [1.82, 2.24) is 4.72 Å². The molecule has 1 aromatic carbocycles. The van der Waals surface area contributed by atoms with E-state index in [1.165, 1.54) is 13.2 Å². The van der Waals surface area contributed by atoms with Crippen LogP contribution < -0.4 is 9.46 Å². The van der Waals surface area contributed by atoms with Gasteiger partial charge in [-0.05, 0) is 31.0 Å². The van der Waals surface area contributed by atoms with E-state index in [1.807, 2.05) is 6.92 Å². The Hall–Kier alpha value is -1.12. The Morgan fingerprint density at radius 2 is 2.09 bits per heavy atom. The Morgan fingerprint density at radius 3 is 2.59 bits per heavy atom. The first kappa shape index (κ1) is 18.9. The van der Waals surface area contributed by atoms with Crippen molar-refractivity contribution in [2.75, 3.05) is 7.11 Å². The summed E-state index contributed by atoms with van der Waals surface area (Å²) in [6.07, 6.45) is 1.64. The van der Waals surface area contributed by atoms with Gasteiger partial charge < -0.3 is 9.84 Å². The number of ether oxygens (including phenoxy) is 1. The average molecular weight is 394 g/mol. The molecule has 6 nitrogen and oxygen atoms in total. The largest absolute Gasteiger partial charge is 0.495 e. The third-order valence-corrected chi connectivity index (χ3v) is 5.52. The van der Waals surface area contributed by atoms with E-state index in [4.69, 9.17) is 9.84 Å². The molecule has 0 fully saturated rings. The summed E-state index contributed by atoms with van der Waals surface area (Å²) in [6.45, 7) is 3.71. The van der Waals surface area contributed by atoms with E-state index in [1.54, 1.807) is 13.0 Å². The van der Waals surface area contributed by atoms with Crippen LogP contribution in [0.2, 0.25) is 0 Å². The Bertz CT molecular complexity index is 645. The third kappa shape index (κ3) is 4.69. The first-order chi connectivity index (χ1) is 10.2. The maximum absolute atomic E-state index is 12.5. The number of aliphatic carboxylic acids is 1. The van der Waals surface area contributed by atoms with Crippen molar-refractivity contribution in [1.29, 1.82) is 0 Å². The lowest BCUT2D eigenvalue weighted by Gasteiger charge is -2.17. The Labute approximate surface area is 139 Å². The average Bonchev–Trinajstić information content (AvgIpc) is 2.45. The van der Waals surface area contributed by atoms with Crippen LogP contribution in [0.4, 0.5) is 0 Å². The summed E-state index contributed by atoms with van der Waals surface area (Å²) in [7, 11) is -2.63. The smallest absolute Gasteiger partial charge is 0.321 e. The number of halogens is 1. The molecule has 1 atom stereocenters. The molecule has 2 N–H and O–H groups in total. The maximum atomic E-state index is 12.5. The van der Waals surface area contributed by atoms with Crippen LogP contribution in [-0.4, -0.2) is 32.6 Å². The molecule has 8 heteroatoms.